The van der Waals surface area contributed by atoms with Crippen LogP contribution in [-0.2, 0) is 16.0 Å². The van der Waals surface area contributed by atoms with E-state index in [-0.39, 0.29) is 0 Å². The first kappa shape index (κ1) is 18.5. The third-order valence-corrected chi connectivity index (χ3v) is 3.92. The number of benzene rings is 3. The van der Waals surface area contributed by atoms with Crippen LogP contribution in [0, 0.1) is 0 Å². The SMILES string of the molecule is COC(=O)C(N)Cc1ccc(Oc2ccc(Oc3ccccc3)cc2)cc1. The van der Waals surface area contributed by atoms with Crippen LogP contribution in [0.15, 0.2) is 78.9 Å². The van der Waals surface area contributed by atoms with Crippen molar-refractivity contribution in [3.63, 3.8) is 0 Å². The highest BCUT2D eigenvalue weighted by Crippen LogP contribution is 2.26. The number of esters is 1. The van der Waals surface area contributed by atoms with Gasteiger partial charge in [-0.1, -0.05) is 30.3 Å². The first-order chi connectivity index (χ1) is 13.1. The summed E-state index contributed by atoms with van der Waals surface area (Å²) in [6.07, 6.45) is 0.415. The maximum absolute atomic E-state index is 11.4. The molecule has 0 saturated heterocycles. The fourth-order valence-electron chi connectivity index (χ4n) is 2.52. The van der Waals surface area contributed by atoms with E-state index in [9.17, 15) is 4.79 Å². The lowest BCUT2D eigenvalue weighted by Crippen LogP contribution is -2.33. The van der Waals surface area contributed by atoms with Crippen LogP contribution in [0.1, 0.15) is 5.56 Å². The van der Waals surface area contributed by atoms with E-state index in [1.807, 2.05) is 78.9 Å². The van der Waals surface area contributed by atoms with Gasteiger partial charge < -0.3 is 19.9 Å². The zero-order valence-corrected chi connectivity index (χ0v) is 15.0. The highest BCUT2D eigenvalue weighted by molar-refractivity contribution is 5.75. The molecule has 0 fully saturated rings. The smallest absolute Gasteiger partial charge is 0.322 e. The Hall–Kier alpha value is -3.31. The summed E-state index contributed by atoms with van der Waals surface area (Å²) in [7, 11) is 1.33. The topological polar surface area (TPSA) is 70.8 Å². The van der Waals surface area contributed by atoms with Gasteiger partial charge >= 0.3 is 5.97 Å². The maximum atomic E-state index is 11.4. The Bertz CT molecular complexity index is 861. The van der Waals surface area contributed by atoms with Crippen LogP contribution in [0.3, 0.4) is 0 Å². The molecule has 0 spiro atoms. The van der Waals surface area contributed by atoms with Crippen molar-refractivity contribution in [3.05, 3.63) is 84.4 Å². The number of carbonyl (C=O) groups is 1. The Kier molecular flexibility index (Phi) is 6.07. The minimum atomic E-state index is -0.668. The van der Waals surface area contributed by atoms with E-state index in [0.717, 1.165) is 17.1 Å². The van der Waals surface area contributed by atoms with Crippen molar-refractivity contribution in [1.82, 2.24) is 0 Å². The monoisotopic (exact) mass is 363 g/mol. The molecule has 0 amide bonds. The lowest BCUT2D eigenvalue weighted by Gasteiger charge is -2.11. The minimum absolute atomic E-state index is 0.415. The second-order valence-corrected chi connectivity index (χ2v) is 5.97. The van der Waals surface area contributed by atoms with E-state index in [1.165, 1.54) is 7.11 Å². The van der Waals surface area contributed by atoms with Gasteiger partial charge in [0.2, 0.25) is 0 Å². The van der Waals surface area contributed by atoms with Crippen LogP contribution < -0.4 is 15.2 Å². The van der Waals surface area contributed by atoms with Gasteiger partial charge in [-0.25, -0.2) is 0 Å². The highest BCUT2D eigenvalue weighted by Gasteiger charge is 2.14. The van der Waals surface area contributed by atoms with Crippen LogP contribution in [0.5, 0.6) is 23.0 Å². The van der Waals surface area contributed by atoms with Crippen LogP contribution in [0.4, 0.5) is 0 Å². The molecule has 0 bridgehead atoms. The fraction of sp³-hybridized carbons (Fsp3) is 0.136. The summed E-state index contributed by atoms with van der Waals surface area (Å²) in [6, 6.07) is 23.8. The molecule has 1 atom stereocenters. The molecule has 0 aliphatic rings. The Morgan fingerprint density at radius 1 is 0.778 bits per heavy atom. The van der Waals surface area contributed by atoms with E-state index in [1.54, 1.807) is 0 Å². The minimum Gasteiger partial charge on any atom is -0.468 e. The van der Waals surface area contributed by atoms with Crippen LogP contribution in [-0.4, -0.2) is 19.1 Å². The number of hydrogen-bond donors (Lipinski definition) is 1. The van der Waals surface area contributed by atoms with Gasteiger partial charge in [0.1, 0.15) is 29.0 Å². The Balaban J connectivity index is 1.58. The van der Waals surface area contributed by atoms with Gasteiger partial charge in [0, 0.05) is 0 Å². The largest absolute Gasteiger partial charge is 0.468 e. The van der Waals surface area contributed by atoms with Gasteiger partial charge in [0.15, 0.2) is 0 Å². The molecular formula is C22H21NO4. The summed E-state index contributed by atoms with van der Waals surface area (Å²) in [5, 5.41) is 0. The number of hydrogen-bond acceptors (Lipinski definition) is 5. The van der Waals surface area contributed by atoms with Gasteiger partial charge in [-0.2, -0.15) is 0 Å². The zero-order chi connectivity index (χ0) is 19.1. The van der Waals surface area contributed by atoms with Crippen molar-refractivity contribution >= 4 is 5.97 Å². The third kappa shape index (κ3) is 5.33. The molecule has 0 aromatic heterocycles. The molecule has 3 rings (SSSR count). The molecule has 3 aromatic carbocycles. The van der Waals surface area contributed by atoms with Gasteiger partial charge in [0.05, 0.1) is 7.11 Å². The Labute approximate surface area is 158 Å². The van der Waals surface area contributed by atoms with Crippen LogP contribution in [0.25, 0.3) is 0 Å². The van der Waals surface area contributed by atoms with E-state index < -0.39 is 12.0 Å². The molecule has 0 aliphatic carbocycles. The molecule has 138 valence electrons. The van der Waals surface area contributed by atoms with Crippen molar-refractivity contribution in [2.45, 2.75) is 12.5 Å². The van der Waals surface area contributed by atoms with Crippen LogP contribution >= 0.6 is 0 Å². The normalized spacial score (nSPS) is 11.5. The molecular weight excluding hydrogens is 342 g/mol. The molecule has 27 heavy (non-hydrogen) atoms. The van der Waals surface area contributed by atoms with Gasteiger partial charge in [-0.3, -0.25) is 4.79 Å². The molecule has 5 heteroatoms. The predicted molar refractivity (Wildman–Crippen MR) is 103 cm³/mol. The summed E-state index contributed by atoms with van der Waals surface area (Å²) in [5.74, 6) is 2.50. The lowest BCUT2D eigenvalue weighted by atomic mass is 10.1. The summed E-state index contributed by atoms with van der Waals surface area (Å²) in [4.78, 5) is 11.4. The average molecular weight is 363 g/mol. The number of para-hydroxylation sites is 1. The molecule has 0 aliphatic heterocycles. The van der Waals surface area contributed by atoms with E-state index in [0.29, 0.717) is 17.9 Å². The van der Waals surface area contributed by atoms with E-state index in [2.05, 4.69) is 4.74 Å². The molecule has 5 nitrogen and oxygen atoms in total. The van der Waals surface area contributed by atoms with Crippen molar-refractivity contribution in [2.24, 2.45) is 5.73 Å². The molecule has 2 N–H and O–H groups in total. The van der Waals surface area contributed by atoms with Gasteiger partial charge in [-0.15, -0.1) is 0 Å². The number of nitrogens with two attached hydrogens (primary N) is 1. The average Bonchev–Trinajstić information content (AvgIpc) is 2.71. The summed E-state index contributed by atoms with van der Waals surface area (Å²) in [5.41, 5.74) is 6.71. The standard InChI is InChI=1S/C22H21NO4/c1-25-22(24)21(23)15-16-7-9-18(10-8-16)27-20-13-11-19(12-14-20)26-17-5-3-2-4-6-17/h2-14,21H,15,23H2,1H3. The highest BCUT2D eigenvalue weighted by atomic mass is 16.5. The number of ether oxygens (including phenoxy) is 3. The number of methoxy groups -OCH3 is 1. The summed E-state index contributed by atoms with van der Waals surface area (Å²) < 4.78 is 16.2. The maximum Gasteiger partial charge on any atom is 0.322 e. The molecule has 0 heterocycles. The summed E-state index contributed by atoms with van der Waals surface area (Å²) >= 11 is 0. The third-order valence-electron chi connectivity index (χ3n) is 3.92. The van der Waals surface area contributed by atoms with Crippen LogP contribution in [0.2, 0.25) is 0 Å². The Morgan fingerprint density at radius 2 is 1.22 bits per heavy atom. The molecule has 0 radical (unpaired) electrons. The zero-order valence-electron chi connectivity index (χ0n) is 15.0. The van der Waals surface area contributed by atoms with Gasteiger partial charge in [0.25, 0.3) is 0 Å². The van der Waals surface area contributed by atoms with Crippen molar-refractivity contribution < 1.29 is 19.0 Å². The fourth-order valence-corrected chi connectivity index (χ4v) is 2.52. The quantitative estimate of drug-likeness (QED) is 0.633. The van der Waals surface area contributed by atoms with E-state index in [4.69, 9.17) is 15.2 Å². The van der Waals surface area contributed by atoms with Crippen molar-refractivity contribution in [2.75, 3.05) is 7.11 Å². The number of carbonyl (C=O) groups excluding carboxylic acids is 1. The Morgan fingerprint density at radius 3 is 1.70 bits per heavy atom. The number of rotatable bonds is 7. The summed E-state index contributed by atoms with van der Waals surface area (Å²) in [6.45, 7) is 0. The van der Waals surface area contributed by atoms with Gasteiger partial charge in [-0.05, 0) is 60.5 Å². The second-order valence-electron chi connectivity index (χ2n) is 5.97. The molecule has 0 saturated carbocycles. The van der Waals surface area contributed by atoms with Crippen molar-refractivity contribution in [3.8, 4) is 23.0 Å². The van der Waals surface area contributed by atoms with Crippen molar-refractivity contribution in [1.29, 1.82) is 0 Å². The first-order valence-corrected chi connectivity index (χ1v) is 8.57. The van der Waals surface area contributed by atoms with E-state index >= 15 is 0 Å². The lowest BCUT2D eigenvalue weighted by molar-refractivity contribution is -0.142. The first-order valence-electron chi connectivity index (χ1n) is 8.57. The second kappa shape index (κ2) is 8.87. The molecule has 1 unspecified atom stereocenters. The predicted octanol–water partition coefficient (Wildman–Crippen LogP) is 4.31. The molecule has 3 aromatic rings.